The highest BCUT2D eigenvalue weighted by molar-refractivity contribution is 9.10. The number of hydrogen-bond acceptors (Lipinski definition) is 2. The molecule has 1 rings (SSSR count). The molecule has 1 aromatic carbocycles. The van der Waals surface area contributed by atoms with Gasteiger partial charge < -0.3 is 11.5 Å². The molecular weight excluding hydrogens is 251 g/mol. The van der Waals surface area contributed by atoms with Crippen LogP contribution < -0.4 is 11.5 Å². The standard InChI is InChI=1S/C9H12BrClN2/c10-6-1-2-8(11)7(5-6)9(13)3-4-12/h1-2,5,9H,3-4,12-13H2/t9-/m1/s1. The van der Waals surface area contributed by atoms with Crippen LogP contribution in [0, 0.1) is 0 Å². The second-order valence-electron chi connectivity index (χ2n) is 2.85. The molecule has 0 amide bonds. The number of hydrogen-bond donors (Lipinski definition) is 2. The van der Waals surface area contributed by atoms with Crippen molar-refractivity contribution in [3.8, 4) is 0 Å². The van der Waals surface area contributed by atoms with Crippen molar-refractivity contribution in [3.63, 3.8) is 0 Å². The number of benzene rings is 1. The van der Waals surface area contributed by atoms with Crippen molar-refractivity contribution in [2.24, 2.45) is 11.5 Å². The Bertz CT molecular complexity index is 291. The Labute approximate surface area is 91.4 Å². The summed E-state index contributed by atoms with van der Waals surface area (Å²) in [6.07, 6.45) is 0.746. The molecule has 0 bridgehead atoms. The van der Waals surface area contributed by atoms with Crippen LogP contribution in [-0.4, -0.2) is 6.54 Å². The van der Waals surface area contributed by atoms with Crippen LogP contribution in [0.25, 0.3) is 0 Å². The zero-order valence-corrected chi connectivity index (χ0v) is 9.48. The Kier molecular flexibility index (Phi) is 4.19. The predicted octanol–water partition coefficient (Wildman–Crippen LogP) is 2.45. The molecular formula is C9H12BrClN2. The summed E-state index contributed by atoms with van der Waals surface area (Å²) >= 11 is 9.36. The molecule has 1 aromatic rings. The average molecular weight is 264 g/mol. The molecule has 0 aromatic heterocycles. The van der Waals surface area contributed by atoms with E-state index in [1.807, 2.05) is 18.2 Å². The van der Waals surface area contributed by atoms with Crippen LogP contribution >= 0.6 is 27.5 Å². The van der Waals surface area contributed by atoms with Gasteiger partial charge in [0.15, 0.2) is 0 Å². The van der Waals surface area contributed by atoms with Crippen LogP contribution in [0.3, 0.4) is 0 Å². The van der Waals surface area contributed by atoms with Gasteiger partial charge in [0.05, 0.1) is 0 Å². The van der Waals surface area contributed by atoms with Gasteiger partial charge in [-0.25, -0.2) is 0 Å². The molecule has 0 unspecified atom stereocenters. The van der Waals surface area contributed by atoms with Crippen molar-refractivity contribution < 1.29 is 0 Å². The van der Waals surface area contributed by atoms with Crippen LogP contribution in [0.15, 0.2) is 22.7 Å². The lowest BCUT2D eigenvalue weighted by Gasteiger charge is -2.12. The molecule has 0 saturated heterocycles. The smallest absolute Gasteiger partial charge is 0.0454 e. The van der Waals surface area contributed by atoms with Crippen molar-refractivity contribution in [3.05, 3.63) is 33.3 Å². The zero-order valence-electron chi connectivity index (χ0n) is 7.13. The third kappa shape index (κ3) is 2.95. The van der Waals surface area contributed by atoms with E-state index in [0.717, 1.165) is 16.5 Å². The molecule has 0 heterocycles. The van der Waals surface area contributed by atoms with Gasteiger partial charge in [0.1, 0.15) is 0 Å². The van der Waals surface area contributed by atoms with Gasteiger partial charge in [-0.3, -0.25) is 0 Å². The minimum Gasteiger partial charge on any atom is -0.330 e. The van der Waals surface area contributed by atoms with E-state index >= 15 is 0 Å². The maximum Gasteiger partial charge on any atom is 0.0454 e. The van der Waals surface area contributed by atoms with Gasteiger partial charge in [-0.15, -0.1) is 0 Å². The summed E-state index contributed by atoms with van der Waals surface area (Å²) in [6, 6.07) is 5.58. The second kappa shape index (κ2) is 4.96. The van der Waals surface area contributed by atoms with E-state index in [1.165, 1.54) is 0 Å². The molecule has 4 heteroatoms. The van der Waals surface area contributed by atoms with Gasteiger partial charge in [-0.2, -0.15) is 0 Å². The van der Waals surface area contributed by atoms with Gasteiger partial charge >= 0.3 is 0 Å². The lowest BCUT2D eigenvalue weighted by atomic mass is 10.1. The van der Waals surface area contributed by atoms with E-state index < -0.39 is 0 Å². The maximum atomic E-state index is 5.99. The summed E-state index contributed by atoms with van der Waals surface area (Å²) in [4.78, 5) is 0. The van der Waals surface area contributed by atoms with Crippen molar-refractivity contribution in [1.82, 2.24) is 0 Å². The highest BCUT2D eigenvalue weighted by atomic mass is 79.9. The quantitative estimate of drug-likeness (QED) is 0.880. The molecule has 4 N–H and O–H groups in total. The third-order valence-electron chi connectivity index (χ3n) is 1.84. The Balaban J connectivity index is 2.91. The first-order chi connectivity index (χ1) is 6.15. The highest BCUT2D eigenvalue weighted by Gasteiger charge is 2.09. The lowest BCUT2D eigenvalue weighted by molar-refractivity contribution is 0.661. The van der Waals surface area contributed by atoms with Crippen molar-refractivity contribution >= 4 is 27.5 Å². The molecule has 0 radical (unpaired) electrons. The van der Waals surface area contributed by atoms with E-state index in [1.54, 1.807) is 0 Å². The van der Waals surface area contributed by atoms with Crippen LogP contribution in [0.1, 0.15) is 18.0 Å². The van der Waals surface area contributed by atoms with E-state index in [4.69, 9.17) is 23.1 Å². The summed E-state index contributed by atoms with van der Waals surface area (Å²) < 4.78 is 0.986. The molecule has 13 heavy (non-hydrogen) atoms. The molecule has 2 nitrogen and oxygen atoms in total. The number of halogens is 2. The molecule has 0 saturated carbocycles. The normalized spacial score (nSPS) is 12.9. The monoisotopic (exact) mass is 262 g/mol. The van der Waals surface area contributed by atoms with E-state index in [2.05, 4.69) is 15.9 Å². The predicted molar refractivity (Wildman–Crippen MR) is 59.8 cm³/mol. The van der Waals surface area contributed by atoms with Crippen molar-refractivity contribution in [1.29, 1.82) is 0 Å². The molecule has 1 atom stereocenters. The molecule has 0 aliphatic carbocycles. The first kappa shape index (κ1) is 11.0. The Morgan fingerprint density at radius 3 is 2.77 bits per heavy atom. The SMILES string of the molecule is NCC[C@@H](N)c1cc(Br)ccc1Cl. The van der Waals surface area contributed by atoms with Gasteiger partial charge in [0, 0.05) is 15.5 Å². The first-order valence-corrected chi connectivity index (χ1v) is 5.23. The Morgan fingerprint density at radius 2 is 2.15 bits per heavy atom. The summed E-state index contributed by atoms with van der Waals surface area (Å²) in [7, 11) is 0. The largest absolute Gasteiger partial charge is 0.330 e. The minimum atomic E-state index is -0.0741. The van der Waals surface area contributed by atoms with Crippen LogP contribution in [0.2, 0.25) is 5.02 Å². The Morgan fingerprint density at radius 1 is 1.46 bits per heavy atom. The second-order valence-corrected chi connectivity index (χ2v) is 4.17. The summed E-state index contributed by atoms with van der Waals surface area (Å²) in [5.74, 6) is 0. The zero-order chi connectivity index (χ0) is 9.84. The average Bonchev–Trinajstić information content (AvgIpc) is 2.09. The lowest BCUT2D eigenvalue weighted by Crippen LogP contribution is -2.15. The van der Waals surface area contributed by atoms with Crippen molar-refractivity contribution in [2.45, 2.75) is 12.5 Å². The Hall–Kier alpha value is -0.0900. The van der Waals surface area contributed by atoms with Crippen LogP contribution in [0.4, 0.5) is 0 Å². The van der Waals surface area contributed by atoms with Crippen LogP contribution in [-0.2, 0) is 0 Å². The van der Waals surface area contributed by atoms with Gasteiger partial charge in [0.2, 0.25) is 0 Å². The molecule has 0 aliphatic heterocycles. The van der Waals surface area contributed by atoms with Crippen molar-refractivity contribution in [2.75, 3.05) is 6.54 Å². The fourth-order valence-electron chi connectivity index (χ4n) is 1.13. The van der Waals surface area contributed by atoms with Gasteiger partial charge in [0.25, 0.3) is 0 Å². The summed E-state index contributed by atoms with van der Waals surface area (Å²) in [6.45, 7) is 0.573. The summed E-state index contributed by atoms with van der Waals surface area (Å²) in [5.41, 5.74) is 12.3. The molecule has 0 fully saturated rings. The van der Waals surface area contributed by atoms with E-state index in [0.29, 0.717) is 11.6 Å². The highest BCUT2D eigenvalue weighted by Crippen LogP contribution is 2.26. The third-order valence-corrected chi connectivity index (χ3v) is 2.67. The van der Waals surface area contributed by atoms with Crippen LogP contribution in [0.5, 0.6) is 0 Å². The van der Waals surface area contributed by atoms with E-state index in [9.17, 15) is 0 Å². The maximum absolute atomic E-state index is 5.99. The summed E-state index contributed by atoms with van der Waals surface area (Å²) in [5, 5.41) is 0.698. The molecule has 0 aliphatic rings. The molecule has 72 valence electrons. The first-order valence-electron chi connectivity index (χ1n) is 4.05. The van der Waals surface area contributed by atoms with Gasteiger partial charge in [-0.05, 0) is 36.7 Å². The number of nitrogens with two attached hydrogens (primary N) is 2. The topological polar surface area (TPSA) is 52.0 Å². The molecule has 0 spiro atoms. The fraction of sp³-hybridized carbons (Fsp3) is 0.333. The van der Waals surface area contributed by atoms with E-state index in [-0.39, 0.29) is 6.04 Å². The fourth-order valence-corrected chi connectivity index (χ4v) is 1.77. The minimum absolute atomic E-state index is 0.0741. The van der Waals surface area contributed by atoms with Gasteiger partial charge in [-0.1, -0.05) is 27.5 Å². The number of rotatable bonds is 3.